The fourth-order valence-electron chi connectivity index (χ4n) is 4.92. The summed E-state index contributed by atoms with van der Waals surface area (Å²) in [5.74, 6) is -1.05. The van der Waals surface area contributed by atoms with E-state index < -0.39 is 17.7 Å². The molecule has 1 aliphatic carbocycles. The smallest absolute Gasteiger partial charge is 0.305 e. The molecule has 8 heteroatoms. The minimum absolute atomic E-state index is 0.0987. The molecular formula is C32H30N4O4. The van der Waals surface area contributed by atoms with Crippen LogP contribution in [0.5, 0.6) is 0 Å². The van der Waals surface area contributed by atoms with Gasteiger partial charge in [0, 0.05) is 23.1 Å². The van der Waals surface area contributed by atoms with Crippen molar-refractivity contribution in [2.75, 3.05) is 0 Å². The SMILES string of the molecule is Cc1ccc(C(=O)NNC(=O)c2oc3c(c2C)/C(=N/NC(=O)C(c2ccccc2)c2ccccc2)CCC3)cc1. The van der Waals surface area contributed by atoms with Gasteiger partial charge in [-0.1, -0.05) is 78.4 Å². The van der Waals surface area contributed by atoms with Crippen molar-refractivity contribution in [3.63, 3.8) is 0 Å². The van der Waals surface area contributed by atoms with E-state index in [4.69, 9.17) is 4.42 Å². The van der Waals surface area contributed by atoms with E-state index in [0.717, 1.165) is 28.7 Å². The number of amides is 3. The van der Waals surface area contributed by atoms with Gasteiger partial charge in [-0.3, -0.25) is 25.2 Å². The van der Waals surface area contributed by atoms with Crippen LogP contribution in [0.3, 0.4) is 0 Å². The average molecular weight is 535 g/mol. The predicted molar refractivity (Wildman–Crippen MR) is 152 cm³/mol. The lowest BCUT2D eigenvalue weighted by molar-refractivity contribution is -0.121. The average Bonchev–Trinajstić information content (AvgIpc) is 3.33. The summed E-state index contributed by atoms with van der Waals surface area (Å²) in [5, 5.41) is 4.51. The summed E-state index contributed by atoms with van der Waals surface area (Å²) in [6, 6.07) is 26.2. The molecule has 1 aliphatic rings. The highest BCUT2D eigenvalue weighted by Gasteiger charge is 2.29. The minimum atomic E-state index is -0.566. The molecule has 1 aromatic heterocycles. The van der Waals surface area contributed by atoms with Crippen LogP contribution in [0.1, 0.15) is 73.2 Å². The van der Waals surface area contributed by atoms with Gasteiger partial charge in [-0.15, -0.1) is 0 Å². The molecule has 0 saturated heterocycles. The second-order valence-electron chi connectivity index (χ2n) is 9.77. The van der Waals surface area contributed by atoms with Gasteiger partial charge >= 0.3 is 5.91 Å². The van der Waals surface area contributed by atoms with Crippen LogP contribution < -0.4 is 16.3 Å². The van der Waals surface area contributed by atoms with Crippen LogP contribution in [0.4, 0.5) is 0 Å². The van der Waals surface area contributed by atoms with Crippen molar-refractivity contribution in [2.45, 2.75) is 39.0 Å². The van der Waals surface area contributed by atoms with Crippen molar-refractivity contribution in [1.82, 2.24) is 16.3 Å². The number of carbonyl (C=O) groups excluding carboxylic acids is 3. The van der Waals surface area contributed by atoms with E-state index in [-0.39, 0.29) is 11.7 Å². The van der Waals surface area contributed by atoms with Gasteiger partial charge in [0.05, 0.1) is 11.6 Å². The van der Waals surface area contributed by atoms with Crippen LogP contribution in [-0.4, -0.2) is 23.4 Å². The number of aryl methyl sites for hydroxylation is 2. The largest absolute Gasteiger partial charge is 0.455 e. The van der Waals surface area contributed by atoms with Gasteiger partial charge in [-0.25, -0.2) is 5.43 Å². The van der Waals surface area contributed by atoms with Crippen molar-refractivity contribution >= 4 is 23.4 Å². The van der Waals surface area contributed by atoms with Crippen LogP contribution >= 0.6 is 0 Å². The quantitative estimate of drug-likeness (QED) is 0.304. The van der Waals surface area contributed by atoms with Gasteiger partial charge in [0.15, 0.2) is 5.76 Å². The number of carbonyl (C=O) groups is 3. The first-order valence-electron chi connectivity index (χ1n) is 13.2. The number of rotatable bonds is 6. The molecule has 0 spiro atoms. The van der Waals surface area contributed by atoms with Gasteiger partial charge in [-0.2, -0.15) is 5.10 Å². The zero-order valence-electron chi connectivity index (χ0n) is 22.4. The summed E-state index contributed by atoms with van der Waals surface area (Å²) in [6.45, 7) is 3.71. The number of fused-ring (bicyclic) bond motifs is 1. The minimum Gasteiger partial charge on any atom is -0.455 e. The number of hydrazine groups is 1. The third-order valence-electron chi connectivity index (χ3n) is 6.96. The molecule has 4 aromatic rings. The molecule has 3 N–H and O–H groups in total. The Morgan fingerprint density at radius 3 is 2.00 bits per heavy atom. The first-order valence-corrected chi connectivity index (χ1v) is 13.2. The maximum Gasteiger partial charge on any atom is 0.305 e. The maximum absolute atomic E-state index is 13.4. The monoisotopic (exact) mass is 534 g/mol. The Morgan fingerprint density at radius 2 is 1.38 bits per heavy atom. The van der Waals surface area contributed by atoms with Crippen molar-refractivity contribution in [3.05, 3.63) is 130 Å². The Morgan fingerprint density at radius 1 is 0.775 bits per heavy atom. The first-order chi connectivity index (χ1) is 19.4. The molecule has 3 amide bonds. The lowest BCUT2D eigenvalue weighted by Gasteiger charge is -2.18. The molecule has 3 aromatic carbocycles. The number of hydrogen-bond acceptors (Lipinski definition) is 5. The highest BCUT2D eigenvalue weighted by atomic mass is 16.4. The highest BCUT2D eigenvalue weighted by Crippen LogP contribution is 2.30. The van der Waals surface area contributed by atoms with Gasteiger partial charge in [0.2, 0.25) is 0 Å². The fourth-order valence-corrected chi connectivity index (χ4v) is 4.92. The number of nitrogens with one attached hydrogen (secondary N) is 3. The van der Waals surface area contributed by atoms with Crippen LogP contribution in [0.2, 0.25) is 0 Å². The highest BCUT2D eigenvalue weighted by molar-refractivity contribution is 6.07. The Bertz CT molecular complexity index is 1520. The van der Waals surface area contributed by atoms with Crippen LogP contribution in [0.15, 0.2) is 94.4 Å². The van der Waals surface area contributed by atoms with Crippen LogP contribution in [0, 0.1) is 13.8 Å². The molecule has 202 valence electrons. The summed E-state index contributed by atoms with van der Waals surface area (Å²) in [6.07, 6.45) is 2.03. The molecule has 5 rings (SSSR count). The summed E-state index contributed by atoms with van der Waals surface area (Å²) < 4.78 is 5.92. The molecule has 0 radical (unpaired) electrons. The van der Waals surface area contributed by atoms with Crippen LogP contribution in [0.25, 0.3) is 0 Å². The summed E-state index contributed by atoms with van der Waals surface area (Å²) >= 11 is 0. The summed E-state index contributed by atoms with van der Waals surface area (Å²) in [5.41, 5.74) is 12.8. The normalized spacial score (nSPS) is 13.5. The van der Waals surface area contributed by atoms with Gasteiger partial charge in [0.1, 0.15) is 5.76 Å². The Kier molecular flexibility index (Phi) is 7.87. The number of nitrogens with zero attached hydrogens (tertiary/aromatic N) is 1. The Hall–Kier alpha value is -4.98. The van der Waals surface area contributed by atoms with Gasteiger partial charge in [-0.05, 0) is 49.9 Å². The summed E-state index contributed by atoms with van der Waals surface area (Å²) in [4.78, 5) is 38.8. The third-order valence-corrected chi connectivity index (χ3v) is 6.96. The van der Waals surface area contributed by atoms with E-state index in [2.05, 4.69) is 21.4 Å². The maximum atomic E-state index is 13.4. The number of benzene rings is 3. The number of hydrogen-bond donors (Lipinski definition) is 3. The van der Waals surface area contributed by atoms with Gasteiger partial charge in [0.25, 0.3) is 11.8 Å². The Balaban J connectivity index is 1.33. The molecule has 0 saturated carbocycles. The van der Waals surface area contributed by atoms with E-state index in [0.29, 0.717) is 35.4 Å². The zero-order valence-corrected chi connectivity index (χ0v) is 22.4. The Labute approximate surface area is 232 Å². The predicted octanol–water partition coefficient (Wildman–Crippen LogP) is 4.96. The number of hydrazone groups is 1. The second kappa shape index (κ2) is 11.8. The molecule has 0 unspecified atom stereocenters. The standard InChI is InChI=1S/C32H30N4O4/c1-20-16-18-24(19-17-20)30(37)34-36-32(39)29-21(2)27-25(14-9-15-26(27)40-29)33-35-31(38)28(22-10-5-3-6-11-22)23-12-7-4-8-13-23/h3-8,10-13,16-19,28H,9,14-15H2,1-2H3,(H,34,37)(H,35,38)(H,36,39)/b33-25+. The number of furan rings is 1. The van der Waals surface area contributed by atoms with E-state index in [1.807, 2.05) is 79.7 Å². The molecule has 40 heavy (non-hydrogen) atoms. The molecule has 1 heterocycles. The van der Waals surface area contributed by atoms with E-state index in [9.17, 15) is 14.4 Å². The fraction of sp³-hybridized carbons (Fsp3) is 0.188. The molecule has 0 bridgehead atoms. The molecule has 0 aliphatic heterocycles. The third kappa shape index (κ3) is 5.71. The molecule has 8 nitrogen and oxygen atoms in total. The summed E-state index contributed by atoms with van der Waals surface area (Å²) in [7, 11) is 0. The van der Waals surface area contributed by atoms with Crippen molar-refractivity contribution in [3.8, 4) is 0 Å². The van der Waals surface area contributed by atoms with Gasteiger partial charge < -0.3 is 4.42 Å². The topological polar surface area (TPSA) is 113 Å². The molecule has 0 fully saturated rings. The van der Waals surface area contributed by atoms with E-state index in [1.54, 1.807) is 19.1 Å². The molecule has 0 atom stereocenters. The first kappa shape index (κ1) is 26.6. The lowest BCUT2D eigenvalue weighted by Crippen LogP contribution is -2.41. The second-order valence-corrected chi connectivity index (χ2v) is 9.77. The van der Waals surface area contributed by atoms with Crippen LogP contribution in [-0.2, 0) is 11.2 Å². The molecular weight excluding hydrogens is 504 g/mol. The van der Waals surface area contributed by atoms with Crippen molar-refractivity contribution in [2.24, 2.45) is 5.10 Å². The van der Waals surface area contributed by atoms with E-state index >= 15 is 0 Å². The van der Waals surface area contributed by atoms with Crippen molar-refractivity contribution < 1.29 is 18.8 Å². The van der Waals surface area contributed by atoms with Crippen molar-refractivity contribution in [1.29, 1.82) is 0 Å². The van der Waals surface area contributed by atoms with E-state index in [1.165, 1.54) is 0 Å². The lowest BCUT2D eigenvalue weighted by atomic mass is 9.90. The zero-order chi connectivity index (χ0) is 28.1.